The van der Waals surface area contributed by atoms with Gasteiger partial charge < -0.3 is 10.3 Å². The zero-order valence-electron chi connectivity index (χ0n) is 11.8. The molecule has 2 N–H and O–H groups in total. The highest BCUT2D eigenvalue weighted by Crippen LogP contribution is 2.24. The SMILES string of the molecule is CCCc1nc2cc(C)c(C)cc2n1C(C)CN. The maximum atomic E-state index is 5.84. The molecule has 0 aliphatic heterocycles. The van der Waals surface area contributed by atoms with E-state index >= 15 is 0 Å². The summed E-state index contributed by atoms with van der Waals surface area (Å²) in [7, 11) is 0. The van der Waals surface area contributed by atoms with Gasteiger partial charge in [0, 0.05) is 19.0 Å². The Morgan fingerprint density at radius 1 is 1.28 bits per heavy atom. The zero-order valence-corrected chi connectivity index (χ0v) is 11.8. The summed E-state index contributed by atoms with van der Waals surface area (Å²) >= 11 is 0. The van der Waals surface area contributed by atoms with Crippen LogP contribution in [0.5, 0.6) is 0 Å². The molecule has 1 heterocycles. The minimum Gasteiger partial charge on any atom is -0.328 e. The lowest BCUT2D eigenvalue weighted by molar-refractivity contribution is 0.544. The van der Waals surface area contributed by atoms with Crippen molar-refractivity contribution in [3.63, 3.8) is 0 Å². The molecule has 0 aliphatic rings. The standard InChI is InChI=1S/C15H23N3/c1-5-6-15-17-13-7-10(2)11(3)8-14(13)18(15)12(4)9-16/h7-8,12H,5-6,9,16H2,1-4H3. The number of aryl methyl sites for hydroxylation is 3. The number of hydrogen-bond acceptors (Lipinski definition) is 2. The van der Waals surface area contributed by atoms with E-state index in [1.807, 2.05) is 0 Å². The van der Waals surface area contributed by atoms with E-state index in [1.165, 1.54) is 16.6 Å². The van der Waals surface area contributed by atoms with E-state index in [2.05, 4.69) is 44.4 Å². The number of nitrogens with zero attached hydrogens (tertiary/aromatic N) is 2. The summed E-state index contributed by atoms with van der Waals surface area (Å²) < 4.78 is 2.31. The normalized spacial score (nSPS) is 13.2. The molecule has 0 saturated carbocycles. The molecule has 1 aromatic heterocycles. The number of aromatic nitrogens is 2. The lowest BCUT2D eigenvalue weighted by Gasteiger charge is -2.15. The first kappa shape index (κ1) is 13.1. The molecule has 0 bridgehead atoms. The summed E-state index contributed by atoms with van der Waals surface area (Å²) in [6.45, 7) is 9.29. The molecule has 98 valence electrons. The Morgan fingerprint density at radius 3 is 2.56 bits per heavy atom. The summed E-state index contributed by atoms with van der Waals surface area (Å²) in [5.41, 5.74) is 10.8. The van der Waals surface area contributed by atoms with Crippen LogP contribution in [0, 0.1) is 13.8 Å². The van der Waals surface area contributed by atoms with Gasteiger partial charge in [-0.05, 0) is 50.5 Å². The van der Waals surface area contributed by atoms with Crippen molar-refractivity contribution in [2.75, 3.05) is 6.54 Å². The van der Waals surface area contributed by atoms with Crippen LogP contribution < -0.4 is 5.73 Å². The number of nitrogens with two attached hydrogens (primary N) is 1. The minimum atomic E-state index is 0.304. The second kappa shape index (κ2) is 5.11. The molecule has 0 saturated heterocycles. The van der Waals surface area contributed by atoms with Crippen molar-refractivity contribution in [2.24, 2.45) is 5.73 Å². The highest BCUT2D eigenvalue weighted by molar-refractivity contribution is 5.78. The molecular weight excluding hydrogens is 222 g/mol. The van der Waals surface area contributed by atoms with Gasteiger partial charge in [-0.3, -0.25) is 0 Å². The predicted octanol–water partition coefficient (Wildman–Crippen LogP) is 3.13. The second-order valence-corrected chi connectivity index (χ2v) is 5.16. The van der Waals surface area contributed by atoms with Gasteiger partial charge in [0.1, 0.15) is 5.82 Å². The maximum absolute atomic E-state index is 5.84. The Balaban J connectivity index is 2.68. The van der Waals surface area contributed by atoms with Gasteiger partial charge in [-0.15, -0.1) is 0 Å². The highest BCUT2D eigenvalue weighted by atomic mass is 15.1. The maximum Gasteiger partial charge on any atom is 0.110 e. The van der Waals surface area contributed by atoms with Crippen LogP contribution in [0.1, 0.15) is 43.3 Å². The molecule has 3 heteroatoms. The van der Waals surface area contributed by atoms with Crippen molar-refractivity contribution in [1.29, 1.82) is 0 Å². The number of imidazole rings is 1. The first-order chi connectivity index (χ1) is 8.58. The van der Waals surface area contributed by atoms with Crippen LogP contribution in [0.15, 0.2) is 12.1 Å². The smallest absolute Gasteiger partial charge is 0.110 e. The summed E-state index contributed by atoms with van der Waals surface area (Å²) in [5.74, 6) is 1.16. The van der Waals surface area contributed by atoms with E-state index in [1.54, 1.807) is 0 Å². The first-order valence-electron chi connectivity index (χ1n) is 6.76. The molecule has 0 fully saturated rings. The van der Waals surface area contributed by atoms with Crippen LogP contribution in [0.2, 0.25) is 0 Å². The van der Waals surface area contributed by atoms with Crippen molar-refractivity contribution in [3.05, 3.63) is 29.1 Å². The lowest BCUT2D eigenvalue weighted by atomic mass is 10.1. The monoisotopic (exact) mass is 245 g/mol. The topological polar surface area (TPSA) is 43.8 Å². The van der Waals surface area contributed by atoms with Gasteiger partial charge in [0.15, 0.2) is 0 Å². The molecule has 2 aromatic rings. The summed E-state index contributed by atoms with van der Waals surface area (Å²) in [4.78, 5) is 4.78. The van der Waals surface area contributed by atoms with Gasteiger partial charge in [0.05, 0.1) is 11.0 Å². The van der Waals surface area contributed by atoms with Crippen molar-refractivity contribution >= 4 is 11.0 Å². The van der Waals surface area contributed by atoms with Crippen LogP contribution in [0.25, 0.3) is 11.0 Å². The van der Waals surface area contributed by atoms with Gasteiger partial charge in [-0.1, -0.05) is 6.92 Å². The average Bonchev–Trinajstić information content (AvgIpc) is 2.67. The van der Waals surface area contributed by atoms with Gasteiger partial charge in [-0.25, -0.2) is 4.98 Å². The molecule has 18 heavy (non-hydrogen) atoms. The van der Waals surface area contributed by atoms with Crippen LogP contribution >= 0.6 is 0 Å². The summed E-state index contributed by atoms with van der Waals surface area (Å²) in [5, 5.41) is 0. The van der Waals surface area contributed by atoms with Crippen LogP contribution in [-0.4, -0.2) is 16.1 Å². The fourth-order valence-electron chi connectivity index (χ4n) is 2.40. The Labute approximate surface area is 109 Å². The van der Waals surface area contributed by atoms with Crippen molar-refractivity contribution in [3.8, 4) is 0 Å². The largest absolute Gasteiger partial charge is 0.328 e. The van der Waals surface area contributed by atoms with Crippen LogP contribution in [-0.2, 0) is 6.42 Å². The van der Waals surface area contributed by atoms with Gasteiger partial charge >= 0.3 is 0 Å². The summed E-state index contributed by atoms with van der Waals surface area (Å²) in [6, 6.07) is 4.73. The van der Waals surface area contributed by atoms with E-state index < -0.39 is 0 Å². The van der Waals surface area contributed by atoms with Crippen molar-refractivity contribution < 1.29 is 0 Å². The molecule has 0 spiro atoms. The Hall–Kier alpha value is -1.35. The summed E-state index contributed by atoms with van der Waals surface area (Å²) in [6.07, 6.45) is 2.12. The molecule has 0 amide bonds. The Bertz CT molecular complexity index is 554. The lowest BCUT2D eigenvalue weighted by Crippen LogP contribution is -2.18. The number of hydrogen-bond donors (Lipinski definition) is 1. The van der Waals surface area contributed by atoms with Crippen molar-refractivity contribution in [1.82, 2.24) is 9.55 Å². The predicted molar refractivity (Wildman–Crippen MR) is 77.0 cm³/mol. The number of fused-ring (bicyclic) bond motifs is 1. The van der Waals surface area contributed by atoms with Crippen molar-refractivity contribution in [2.45, 2.75) is 46.6 Å². The molecule has 0 aliphatic carbocycles. The van der Waals surface area contributed by atoms with E-state index in [9.17, 15) is 0 Å². The van der Waals surface area contributed by atoms with Gasteiger partial charge in [0.2, 0.25) is 0 Å². The minimum absolute atomic E-state index is 0.304. The molecular formula is C15H23N3. The van der Waals surface area contributed by atoms with E-state index in [4.69, 9.17) is 10.7 Å². The Morgan fingerprint density at radius 2 is 1.94 bits per heavy atom. The quantitative estimate of drug-likeness (QED) is 0.899. The first-order valence-corrected chi connectivity index (χ1v) is 6.76. The molecule has 3 nitrogen and oxygen atoms in total. The highest BCUT2D eigenvalue weighted by Gasteiger charge is 2.15. The van der Waals surface area contributed by atoms with Crippen LogP contribution in [0.4, 0.5) is 0 Å². The average molecular weight is 245 g/mol. The molecule has 1 aromatic carbocycles. The molecule has 1 atom stereocenters. The fraction of sp³-hybridized carbons (Fsp3) is 0.533. The third-order valence-electron chi connectivity index (χ3n) is 3.63. The Kier molecular flexibility index (Phi) is 3.71. The molecule has 0 radical (unpaired) electrons. The number of rotatable bonds is 4. The third kappa shape index (κ3) is 2.15. The van der Waals surface area contributed by atoms with E-state index in [0.29, 0.717) is 12.6 Å². The fourth-order valence-corrected chi connectivity index (χ4v) is 2.40. The second-order valence-electron chi connectivity index (χ2n) is 5.16. The third-order valence-corrected chi connectivity index (χ3v) is 3.63. The van der Waals surface area contributed by atoms with Crippen LogP contribution in [0.3, 0.4) is 0 Å². The van der Waals surface area contributed by atoms with E-state index in [0.717, 1.165) is 24.2 Å². The van der Waals surface area contributed by atoms with Gasteiger partial charge in [-0.2, -0.15) is 0 Å². The molecule has 1 unspecified atom stereocenters. The van der Waals surface area contributed by atoms with E-state index in [-0.39, 0.29) is 0 Å². The number of benzene rings is 1. The zero-order chi connectivity index (χ0) is 13.3. The van der Waals surface area contributed by atoms with Gasteiger partial charge in [0.25, 0.3) is 0 Å². The molecule has 2 rings (SSSR count).